The van der Waals surface area contributed by atoms with Crippen LogP contribution in [0.3, 0.4) is 0 Å². The molecule has 1 N–H and O–H groups in total. The molecule has 15 heavy (non-hydrogen) atoms. The molecule has 3 nitrogen and oxygen atoms in total. The maximum absolute atomic E-state index is 5.95. The molecule has 1 aromatic heterocycles. The van der Waals surface area contributed by atoms with Crippen molar-refractivity contribution in [2.75, 3.05) is 13.1 Å². The Bertz CT molecular complexity index is 321. The summed E-state index contributed by atoms with van der Waals surface area (Å²) in [6.07, 6.45) is 5.37. The Hall–Kier alpha value is -0.930. The SMILES string of the molecule is Cc1cncc(C(C)OC2CCNC2)c1. The smallest absolute Gasteiger partial charge is 0.0816 e. The highest BCUT2D eigenvalue weighted by Gasteiger charge is 2.18. The Kier molecular flexibility index (Phi) is 3.34. The van der Waals surface area contributed by atoms with Gasteiger partial charge >= 0.3 is 0 Å². The summed E-state index contributed by atoms with van der Waals surface area (Å²) in [6.45, 7) is 6.20. The summed E-state index contributed by atoms with van der Waals surface area (Å²) in [5.41, 5.74) is 2.36. The van der Waals surface area contributed by atoms with E-state index in [-0.39, 0.29) is 6.10 Å². The molecule has 0 spiro atoms. The third-order valence-corrected chi connectivity index (χ3v) is 2.78. The average Bonchev–Trinajstić information content (AvgIpc) is 2.70. The van der Waals surface area contributed by atoms with Gasteiger partial charge in [-0.05, 0) is 37.9 Å². The monoisotopic (exact) mass is 206 g/mol. The third-order valence-electron chi connectivity index (χ3n) is 2.78. The van der Waals surface area contributed by atoms with Crippen molar-refractivity contribution in [1.29, 1.82) is 0 Å². The molecule has 0 saturated carbocycles. The highest BCUT2D eigenvalue weighted by molar-refractivity contribution is 5.18. The molecule has 1 fully saturated rings. The maximum atomic E-state index is 5.95. The van der Waals surface area contributed by atoms with Gasteiger partial charge in [-0.15, -0.1) is 0 Å². The number of rotatable bonds is 3. The zero-order valence-corrected chi connectivity index (χ0v) is 9.36. The van der Waals surface area contributed by atoms with Crippen molar-refractivity contribution in [3.63, 3.8) is 0 Å². The Morgan fingerprint density at radius 3 is 3.07 bits per heavy atom. The average molecular weight is 206 g/mol. The molecule has 1 aromatic rings. The van der Waals surface area contributed by atoms with Crippen molar-refractivity contribution in [2.45, 2.75) is 32.5 Å². The van der Waals surface area contributed by atoms with Crippen LogP contribution in [-0.2, 0) is 4.74 Å². The van der Waals surface area contributed by atoms with Crippen LogP contribution >= 0.6 is 0 Å². The van der Waals surface area contributed by atoms with E-state index in [1.165, 1.54) is 11.1 Å². The second-order valence-corrected chi connectivity index (χ2v) is 4.19. The zero-order valence-electron chi connectivity index (χ0n) is 9.36. The largest absolute Gasteiger partial charge is 0.369 e. The fraction of sp³-hybridized carbons (Fsp3) is 0.583. The van der Waals surface area contributed by atoms with Gasteiger partial charge < -0.3 is 10.1 Å². The van der Waals surface area contributed by atoms with Crippen molar-refractivity contribution in [3.8, 4) is 0 Å². The highest BCUT2D eigenvalue weighted by atomic mass is 16.5. The van der Waals surface area contributed by atoms with Crippen LogP contribution in [0.1, 0.15) is 30.6 Å². The van der Waals surface area contributed by atoms with Gasteiger partial charge in [0.05, 0.1) is 12.2 Å². The van der Waals surface area contributed by atoms with Crippen LogP contribution in [0.4, 0.5) is 0 Å². The van der Waals surface area contributed by atoms with Crippen LogP contribution in [0.25, 0.3) is 0 Å². The Morgan fingerprint density at radius 1 is 1.53 bits per heavy atom. The Morgan fingerprint density at radius 2 is 2.40 bits per heavy atom. The molecule has 2 unspecified atom stereocenters. The molecule has 2 heterocycles. The summed E-state index contributed by atoms with van der Waals surface area (Å²) >= 11 is 0. The number of ether oxygens (including phenoxy) is 1. The molecule has 1 aliphatic heterocycles. The fourth-order valence-corrected chi connectivity index (χ4v) is 1.91. The van der Waals surface area contributed by atoms with Gasteiger partial charge in [0.25, 0.3) is 0 Å². The van der Waals surface area contributed by atoms with E-state index in [1.807, 2.05) is 12.4 Å². The molecule has 0 aromatic carbocycles. The first kappa shape index (κ1) is 10.6. The van der Waals surface area contributed by atoms with Gasteiger partial charge in [0.15, 0.2) is 0 Å². The van der Waals surface area contributed by atoms with Crippen LogP contribution in [-0.4, -0.2) is 24.2 Å². The van der Waals surface area contributed by atoms with Crippen LogP contribution in [0, 0.1) is 6.92 Å². The predicted octanol–water partition coefficient (Wildman–Crippen LogP) is 1.83. The summed E-state index contributed by atoms with van der Waals surface area (Å²) in [7, 11) is 0. The number of hydrogen-bond donors (Lipinski definition) is 1. The Balaban J connectivity index is 1.97. The summed E-state index contributed by atoms with van der Waals surface area (Å²) < 4.78 is 5.95. The summed E-state index contributed by atoms with van der Waals surface area (Å²) in [4.78, 5) is 4.18. The predicted molar refractivity (Wildman–Crippen MR) is 59.7 cm³/mol. The van der Waals surface area contributed by atoms with Crippen LogP contribution in [0.15, 0.2) is 18.5 Å². The second kappa shape index (κ2) is 4.73. The number of aryl methyl sites for hydroxylation is 1. The molecule has 0 amide bonds. The van der Waals surface area contributed by atoms with Crippen molar-refractivity contribution < 1.29 is 4.74 Å². The lowest BCUT2D eigenvalue weighted by Crippen LogP contribution is -2.18. The molecular formula is C12H18N2O. The second-order valence-electron chi connectivity index (χ2n) is 4.19. The maximum Gasteiger partial charge on any atom is 0.0816 e. The van der Waals surface area contributed by atoms with E-state index in [0.29, 0.717) is 6.10 Å². The van der Waals surface area contributed by atoms with E-state index in [0.717, 1.165) is 19.5 Å². The van der Waals surface area contributed by atoms with E-state index < -0.39 is 0 Å². The minimum absolute atomic E-state index is 0.141. The van der Waals surface area contributed by atoms with Gasteiger partial charge in [-0.3, -0.25) is 4.98 Å². The molecule has 82 valence electrons. The summed E-state index contributed by atoms with van der Waals surface area (Å²) in [6, 6.07) is 2.14. The number of nitrogens with zero attached hydrogens (tertiary/aromatic N) is 1. The number of pyridine rings is 1. The quantitative estimate of drug-likeness (QED) is 0.819. The Labute approximate surface area is 90.9 Å². The molecular weight excluding hydrogens is 188 g/mol. The first-order valence-electron chi connectivity index (χ1n) is 5.53. The number of hydrogen-bond acceptors (Lipinski definition) is 3. The van der Waals surface area contributed by atoms with Gasteiger partial charge in [-0.2, -0.15) is 0 Å². The lowest BCUT2D eigenvalue weighted by Gasteiger charge is -2.18. The summed E-state index contributed by atoms with van der Waals surface area (Å²) in [5, 5.41) is 3.30. The fourth-order valence-electron chi connectivity index (χ4n) is 1.91. The normalized spacial score (nSPS) is 22.9. The number of nitrogens with one attached hydrogen (secondary N) is 1. The van der Waals surface area contributed by atoms with E-state index >= 15 is 0 Å². The highest BCUT2D eigenvalue weighted by Crippen LogP contribution is 2.20. The van der Waals surface area contributed by atoms with E-state index in [9.17, 15) is 0 Å². The molecule has 3 heteroatoms. The van der Waals surface area contributed by atoms with E-state index in [1.54, 1.807) is 0 Å². The zero-order chi connectivity index (χ0) is 10.7. The molecule has 2 atom stereocenters. The minimum Gasteiger partial charge on any atom is -0.369 e. The molecule has 0 aliphatic carbocycles. The first-order chi connectivity index (χ1) is 7.25. The summed E-state index contributed by atoms with van der Waals surface area (Å²) in [5.74, 6) is 0. The number of aromatic nitrogens is 1. The van der Waals surface area contributed by atoms with E-state index in [2.05, 4.69) is 30.2 Å². The lowest BCUT2D eigenvalue weighted by molar-refractivity contribution is 0.00809. The van der Waals surface area contributed by atoms with Gasteiger partial charge in [-0.25, -0.2) is 0 Å². The van der Waals surface area contributed by atoms with Crippen LogP contribution < -0.4 is 5.32 Å². The first-order valence-corrected chi connectivity index (χ1v) is 5.53. The molecule has 0 radical (unpaired) electrons. The van der Waals surface area contributed by atoms with Crippen molar-refractivity contribution in [3.05, 3.63) is 29.6 Å². The topological polar surface area (TPSA) is 34.1 Å². The standard InChI is InChI=1S/C12H18N2O/c1-9-5-11(7-14-6-9)10(2)15-12-3-4-13-8-12/h5-7,10,12-13H,3-4,8H2,1-2H3. The van der Waals surface area contributed by atoms with Gasteiger partial charge in [-0.1, -0.05) is 6.07 Å². The minimum atomic E-state index is 0.141. The third kappa shape index (κ3) is 2.76. The molecule has 1 aliphatic rings. The van der Waals surface area contributed by atoms with Crippen molar-refractivity contribution in [2.24, 2.45) is 0 Å². The molecule has 0 bridgehead atoms. The van der Waals surface area contributed by atoms with Crippen LogP contribution in [0.2, 0.25) is 0 Å². The van der Waals surface area contributed by atoms with E-state index in [4.69, 9.17) is 4.74 Å². The lowest BCUT2D eigenvalue weighted by atomic mass is 10.1. The van der Waals surface area contributed by atoms with Gasteiger partial charge in [0.2, 0.25) is 0 Å². The van der Waals surface area contributed by atoms with Crippen LogP contribution in [0.5, 0.6) is 0 Å². The molecule has 1 saturated heterocycles. The van der Waals surface area contributed by atoms with Gasteiger partial charge in [0.1, 0.15) is 0 Å². The van der Waals surface area contributed by atoms with Crippen molar-refractivity contribution >= 4 is 0 Å². The van der Waals surface area contributed by atoms with Crippen molar-refractivity contribution in [1.82, 2.24) is 10.3 Å². The molecule has 2 rings (SSSR count). The van der Waals surface area contributed by atoms with Gasteiger partial charge in [0, 0.05) is 18.9 Å².